The second-order valence-corrected chi connectivity index (χ2v) is 3.24. The standard InChI is InChI=1S/C10H11NO/c11-9-4-3-7-1-2-8(6-12)10(7)5-9/h3-6,8H,1-2,11H2. The van der Waals surface area contributed by atoms with Crippen LogP contribution >= 0.6 is 0 Å². The molecule has 0 saturated carbocycles. The molecule has 1 aliphatic carbocycles. The Hall–Kier alpha value is -1.31. The number of nitrogens with two attached hydrogens (primary N) is 1. The molecule has 12 heavy (non-hydrogen) atoms. The fraction of sp³-hybridized carbons (Fsp3) is 0.300. The third-order valence-corrected chi connectivity index (χ3v) is 2.46. The van der Waals surface area contributed by atoms with Gasteiger partial charge in [-0.15, -0.1) is 0 Å². The highest BCUT2D eigenvalue weighted by Gasteiger charge is 2.21. The lowest BCUT2D eigenvalue weighted by Gasteiger charge is -2.03. The molecule has 0 fully saturated rings. The molecule has 0 amide bonds. The van der Waals surface area contributed by atoms with Crippen LogP contribution < -0.4 is 5.73 Å². The summed E-state index contributed by atoms with van der Waals surface area (Å²) in [7, 11) is 0. The third-order valence-electron chi connectivity index (χ3n) is 2.46. The molecule has 2 rings (SSSR count). The number of carbonyl (C=O) groups is 1. The van der Waals surface area contributed by atoms with Gasteiger partial charge in [0.1, 0.15) is 6.29 Å². The van der Waals surface area contributed by atoms with E-state index in [-0.39, 0.29) is 5.92 Å². The van der Waals surface area contributed by atoms with E-state index >= 15 is 0 Å². The Bertz CT molecular complexity index is 320. The zero-order valence-corrected chi connectivity index (χ0v) is 6.79. The van der Waals surface area contributed by atoms with Crippen molar-refractivity contribution in [2.45, 2.75) is 18.8 Å². The van der Waals surface area contributed by atoms with Gasteiger partial charge in [0.2, 0.25) is 0 Å². The van der Waals surface area contributed by atoms with Crippen LogP contribution in [-0.4, -0.2) is 6.29 Å². The molecule has 2 heteroatoms. The van der Waals surface area contributed by atoms with Crippen LogP contribution in [0.5, 0.6) is 0 Å². The number of rotatable bonds is 1. The van der Waals surface area contributed by atoms with E-state index in [0.717, 1.165) is 30.4 Å². The molecule has 2 N–H and O–H groups in total. The summed E-state index contributed by atoms with van der Waals surface area (Å²) in [5.74, 6) is 0.0866. The summed E-state index contributed by atoms with van der Waals surface area (Å²) in [6.07, 6.45) is 2.98. The van der Waals surface area contributed by atoms with Gasteiger partial charge in [-0.25, -0.2) is 0 Å². The van der Waals surface area contributed by atoms with Crippen molar-refractivity contribution in [1.29, 1.82) is 0 Å². The van der Waals surface area contributed by atoms with Crippen molar-refractivity contribution in [3.05, 3.63) is 29.3 Å². The van der Waals surface area contributed by atoms with Gasteiger partial charge in [-0.05, 0) is 36.1 Å². The molecule has 2 nitrogen and oxygen atoms in total. The van der Waals surface area contributed by atoms with Crippen molar-refractivity contribution in [1.82, 2.24) is 0 Å². The van der Waals surface area contributed by atoms with E-state index < -0.39 is 0 Å². The van der Waals surface area contributed by atoms with Crippen molar-refractivity contribution >= 4 is 12.0 Å². The number of fused-ring (bicyclic) bond motifs is 1. The molecule has 0 bridgehead atoms. The largest absolute Gasteiger partial charge is 0.399 e. The van der Waals surface area contributed by atoms with Gasteiger partial charge in [0, 0.05) is 11.6 Å². The molecule has 62 valence electrons. The minimum absolute atomic E-state index is 0.0866. The molecular formula is C10H11NO. The highest BCUT2D eigenvalue weighted by atomic mass is 16.1. The topological polar surface area (TPSA) is 43.1 Å². The lowest BCUT2D eigenvalue weighted by atomic mass is 10.0. The zero-order valence-electron chi connectivity index (χ0n) is 6.79. The van der Waals surface area contributed by atoms with Gasteiger partial charge in [-0.2, -0.15) is 0 Å². The summed E-state index contributed by atoms with van der Waals surface area (Å²) in [5, 5.41) is 0. The van der Waals surface area contributed by atoms with Crippen molar-refractivity contribution < 1.29 is 4.79 Å². The van der Waals surface area contributed by atoms with Crippen LogP contribution in [0.25, 0.3) is 0 Å². The number of hydrogen-bond acceptors (Lipinski definition) is 2. The molecular weight excluding hydrogens is 150 g/mol. The summed E-state index contributed by atoms with van der Waals surface area (Å²) >= 11 is 0. The minimum Gasteiger partial charge on any atom is -0.399 e. The van der Waals surface area contributed by atoms with E-state index in [0.29, 0.717) is 0 Å². The third kappa shape index (κ3) is 0.998. The second kappa shape index (κ2) is 2.63. The molecule has 1 atom stereocenters. The number of hydrogen-bond donors (Lipinski definition) is 1. The van der Waals surface area contributed by atoms with E-state index in [4.69, 9.17) is 5.73 Å². The first-order valence-electron chi connectivity index (χ1n) is 4.15. The van der Waals surface area contributed by atoms with Gasteiger partial charge in [-0.1, -0.05) is 6.07 Å². The van der Waals surface area contributed by atoms with Crippen LogP contribution in [-0.2, 0) is 11.2 Å². The highest BCUT2D eigenvalue weighted by Crippen LogP contribution is 2.32. The van der Waals surface area contributed by atoms with Gasteiger partial charge >= 0.3 is 0 Å². The van der Waals surface area contributed by atoms with E-state index in [9.17, 15) is 4.79 Å². The molecule has 0 spiro atoms. The Morgan fingerprint density at radius 3 is 3.08 bits per heavy atom. The van der Waals surface area contributed by atoms with Crippen molar-refractivity contribution in [2.24, 2.45) is 0 Å². The predicted octanol–water partition coefficient (Wildman–Crippen LogP) is 1.50. The molecule has 0 radical (unpaired) electrons. The first-order chi connectivity index (χ1) is 5.81. The number of carbonyl (C=O) groups excluding carboxylic acids is 1. The number of benzene rings is 1. The molecule has 0 heterocycles. The predicted molar refractivity (Wildman–Crippen MR) is 48.0 cm³/mol. The molecule has 0 aliphatic heterocycles. The highest BCUT2D eigenvalue weighted by molar-refractivity contribution is 5.66. The van der Waals surface area contributed by atoms with Gasteiger partial charge < -0.3 is 10.5 Å². The van der Waals surface area contributed by atoms with Crippen LogP contribution in [0.3, 0.4) is 0 Å². The Balaban J connectivity index is 2.49. The second-order valence-electron chi connectivity index (χ2n) is 3.24. The van der Waals surface area contributed by atoms with Crippen LogP contribution in [0.4, 0.5) is 5.69 Å². The summed E-state index contributed by atoms with van der Waals surface area (Å²) in [4.78, 5) is 10.6. The lowest BCUT2D eigenvalue weighted by Crippen LogP contribution is -1.95. The summed E-state index contributed by atoms with van der Waals surface area (Å²) < 4.78 is 0. The van der Waals surface area contributed by atoms with Gasteiger partial charge in [0.15, 0.2) is 0 Å². The molecule has 1 aromatic rings. The maximum atomic E-state index is 10.6. The zero-order chi connectivity index (χ0) is 8.55. The minimum atomic E-state index is 0.0866. The van der Waals surface area contributed by atoms with Gasteiger partial charge in [0.25, 0.3) is 0 Å². The smallest absolute Gasteiger partial charge is 0.127 e. The number of aldehydes is 1. The maximum Gasteiger partial charge on any atom is 0.127 e. The first kappa shape index (κ1) is 7.35. The molecule has 0 saturated heterocycles. The Morgan fingerprint density at radius 2 is 2.33 bits per heavy atom. The molecule has 1 unspecified atom stereocenters. The van der Waals surface area contributed by atoms with Crippen LogP contribution in [0.15, 0.2) is 18.2 Å². The van der Waals surface area contributed by atoms with E-state index in [1.165, 1.54) is 5.56 Å². The molecule has 1 aromatic carbocycles. The van der Waals surface area contributed by atoms with Gasteiger partial charge in [0.05, 0.1) is 0 Å². The van der Waals surface area contributed by atoms with Crippen LogP contribution in [0, 0.1) is 0 Å². The molecule has 1 aliphatic rings. The maximum absolute atomic E-state index is 10.6. The Labute approximate surface area is 71.4 Å². The van der Waals surface area contributed by atoms with Crippen LogP contribution in [0.2, 0.25) is 0 Å². The monoisotopic (exact) mass is 161 g/mol. The Kier molecular flexibility index (Phi) is 1.61. The first-order valence-corrected chi connectivity index (χ1v) is 4.15. The number of nitrogen functional groups attached to an aromatic ring is 1. The average molecular weight is 161 g/mol. The van der Waals surface area contributed by atoms with Crippen molar-refractivity contribution in [3.63, 3.8) is 0 Å². The Morgan fingerprint density at radius 1 is 1.50 bits per heavy atom. The quantitative estimate of drug-likeness (QED) is 0.501. The summed E-state index contributed by atoms with van der Waals surface area (Å²) in [6, 6.07) is 5.83. The van der Waals surface area contributed by atoms with E-state index in [1.807, 2.05) is 18.2 Å². The van der Waals surface area contributed by atoms with E-state index in [1.54, 1.807) is 0 Å². The fourth-order valence-electron chi connectivity index (χ4n) is 1.79. The van der Waals surface area contributed by atoms with Crippen molar-refractivity contribution in [3.8, 4) is 0 Å². The normalized spacial score (nSPS) is 20.5. The van der Waals surface area contributed by atoms with Crippen molar-refractivity contribution in [2.75, 3.05) is 5.73 Å². The lowest BCUT2D eigenvalue weighted by molar-refractivity contribution is -0.109. The van der Waals surface area contributed by atoms with Crippen LogP contribution in [0.1, 0.15) is 23.5 Å². The fourth-order valence-corrected chi connectivity index (χ4v) is 1.79. The average Bonchev–Trinajstić information content (AvgIpc) is 2.46. The summed E-state index contributed by atoms with van der Waals surface area (Å²) in [5.41, 5.74) is 8.79. The molecule has 0 aromatic heterocycles. The summed E-state index contributed by atoms with van der Waals surface area (Å²) in [6.45, 7) is 0. The SMILES string of the molecule is Nc1ccc2c(c1)C(C=O)CC2. The number of anilines is 1. The van der Waals surface area contributed by atoms with Gasteiger partial charge in [-0.3, -0.25) is 0 Å². The number of aryl methyl sites for hydroxylation is 1. The van der Waals surface area contributed by atoms with E-state index in [2.05, 4.69) is 0 Å².